The number of aryl methyl sites for hydroxylation is 1. The Balaban J connectivity index is 1.40. The average molecular weight is 414 g/mol. The number of pyridine rings is 1. The number of nitrogens with one attached hydrogen (secondary N) is 1. The van der Waals surface area contributed by atoms with Crippen molar-refractivity contribution >= 4 is 34.2 Å². The van der Waals surface area contributed by atoms with Gasteiger partial charge in [0, 0.05) is 29.4 Å². The maximum absolute atomic E-state index is 12.1. The molecule has 0 radical (unpaired) electrons. The Morgan fingerprint density at radius 3 is 2.70 bits per heavy atom. The van der Waals surface area contributed by atoms with Gasteiger partial charge < -0.3 is 10.1 Å². The van der Waals surface area contributed by atoms with Crippen LogP contribution in [0.4, 0.5) is 10.8 Å². The summed E-state index contributed by atoms with van der Waals surface area (Å²) in [7, 11) is 0. The lowest BCUT2D eigenvalue weighted by Crippen LogP contribution is -2.03. The van der Waals surface area contributed by atoms with Crippen molar-refractivity contribution in [2.75, 3.05) is 5.32 Å². The van der Waals surface area contributed by atoms with Gasteiger partial charge in [-0.1, -0.05) is 42.0 Å². The molecule has 30 heavy (non-hydrogen) atoms. The third-order valence-electron chi connectivity index (χ3n) is 4.22. The second-order valence-electron chi connectivity index (χ2n) is 6.57. The largest absolute Gasteiger partial charge is 0.423 e. The van der Waals surface area contributed by atoms with Crippen molar-refractivity contribution in [3.63, 3.8) is 0 Å². The van der Waals surface area contributed by atoms with E-state index in [4.69, 9.17) is 4.74 Å². The molecule has 5 nitrogen and oxygen atoms in total. The Labute approximate surface area is 178 Å². The van der Waals surface area contributed by atoms with E-state index in [1.165, 1.54) is 23.0 Å². The number of carbonyl (C=O) groups excluding carboxylic acids is 1. The lowest BCUT2D eigenvalue weighted by Gasteiger charge is -2.06. The zero-order valence-corrected chi connectivity index (χ0v) is 17.1. The van der Waals surface area contributed by atoms with E-state index >= 15 is 0 Å². The number of esters is 1. The van der Waals surface area contributed by atoms with Crippen LogP contribution in [-0.2, 0) is 4.79 Å². The van der Waals surface area contributed by atoms with Crippen molar-refractivity contribution in [2.45, 2.75) is 6.92 Å². The molecule has 0 saturated heterocycles. The summed E-state index contributed by atoms with van der Waals surface area (Å²) in [5, 5.41) is 5.92. The van der Waals surface area contributed by atoms with Gasteiger partial charge in [0.25, 0.3) is 0 Å². The van der Waals surface area contributed by atoms with E-state index in [1.807, 2.05) is 66.9 Å². The molecule has 0 aliphatic heterocycles. The number of aromatic nitrogens is 2. The van der Waals surface area contributed by atoms with E-state index in [9.17, 15) is 4.79 Å². The summed E-state index contributed by atoms with van der Waals surface area (Å²) in [6, 6.07) is 20.8. The zero-order valence-electron chi connectivity index (χ0n) is 16.3. The van der Waals surface area contributed by atoms with E-state index in [0.717, 1.165) is 27.8 Å². The molecule has 4 aromatic rings. The van der Waals surface area contributed by atoms with Crippen LogP contribution in [0.5, 0.6) is 5.75 Å². The number of hydrogen-bond acceptors (Lipinski definition) is 6. The topological polar surface area (TPSA) is 64.1 Å². The highest BCUT2D eigenvalue weighted by Gasteiger charge is 2.07. The van der Waals surface area contributed by atoms with Crippen molar-refractivity contribution in [1.29, 1.82) is 0 Å². The fourth-order valence-corrected chi connectivity index (χ4v) is 3.44. The summed E-state index contributed by atoms with van der Waals surface area (Å²) in [5.74, 6) is 0.0273. The highest BCUT2D eigenvalue weighted by molar-refractivity contribution is 7.14. The summed E-state index contributed by atoms with van der Waals surface area (Å²) in [6.45, 7) is 2.02. The number of thiazole rings is 1. The molecule has 1 N–H and O–H groups in total. The van der Waals surface area contributed by atoms with Gasteiger partial charge in [0.2, 0.25) is 0 Å². The van der Waals surface area contributed by atoms with E-state index in [1.54, 1.807) is 24.4 Å². The number of carbonyl (C=O) groups is 1. The Kier molecular flexibility index (Phi) is 5.96. The van der Waals surface area contributed by atoms with Gasteiger partial charge in [-0.25, -0.2) is 9.78 Å². The number of benzene rings is 2. The smallest absolute Gasteiger partial charge is 0.336 e. The Bertz CT molecular complexity index is 1170. The lowest BCUT2D eigenvalue weighted by molar-refractivity contribution is -0.128. The molecule has 2 aromatic heterocycles. The molecule has 0 aliphatic carbocycles. The summed E-state index contributed by atoms with van der Waals surface area (Å²) in [6.07, 6.45) is 4.90. The van der Waals surface area contributed by atoms with Crippen molar-refractivity contribution in [3.8, 4) is 17.1 Å². The molecular formula is C24H19N3O2S. The molecular weight excluding hydrogens is 394 g/mol. The normalized spacial score (nSPS) is 10.8. The van der Waals surface area contributed by atoms with Gasteiger partial charge in [-0.3, -0.25) is 4.98 Å². The minimum absolute atomic E-state index is 0.431. The Morgan fingerprint density at radius 2 is 1.90 bits per heavy atom. The summed E-state index contributed by atoms with van der Waals surface area (Å²) >= 11 is 1.48. The number of nitrogens with zero attached hydrogens (tertiary/aromatic N) is 2. The van der Waals surface area contributed by atoms with Gasteiger partial charge in [0.1, 0.15) is 11.4 Å². The lowest BCUT2D eigenvalue weighted by atomic mass is 10.1. The second-order valence-corrected chi connectivity index (χ2v) is 7.43. The first-order chi connectivity index (χ1) is 14.7. The molecule has 6 heteroatoms. The van der Waals surface area contributed by atoms with Crippen LogP contribution < -0.4 is 10.1 Å². The van der Waals surface area contributed by atoms with Crippen molar-refractivity contribution < 1.29 is 9.53 Å². The van der Waals surface area contributed by atoms with E-state index in [2.05, 4.69) is 15.3 Å². The van der Waals surface area contributed by atoms with Gasteiger partial charge in [-0.05, 0) is 42.8 Å². The summed E-state index contributed by atoms with van der Waals surface area (Å²) < 4.78 is 5.42. The average Bonchev–Trinajstić information content (AvgIpc) is 3.23. The zero-order chi connectivity index (χ0) is 20.8. The molecule has 0 spiro atoms. The minimum Gasteiger partial charge on any atom is -0.423 e. The van der Waals surface area contributed by atoms with Crippen LogP contribution in [0, 0.1) is 6.92 Å². The quantitative estimate of drug-likeness (QED) is 0.243. The van der Waals surface area contributed by atoms with Crippen molar-refractivity contribution in [1.82, 2.24) is 9.97 Å². The van der Waals surface area contributed by atoms with Crippen molar-refractivity contribution in [3.05, 3.63) is 95.5 Å². The van der Waals surface area contributed by atoms with Gasteiger partial charge in [0.15, 0.2) is 5.13 Å². The maximum atomic E-state index is 12.1. The Morgan fingerprint density at radius 1 is 1.03 bits per heavy atom. The summed E-state index contributed by atoms with van der Waals surface area (Å²) in [4.78, 5) is 21.0. The monoisotopic (exact) mass is 413 g/mol. The number of anilines is 2. The van der Waals surface area contributed by atoms with Crippen LogP contribution >= 0.6 is 11.3 Å². The van der Waals surface area contributed by atoms with Crippen LogP contribution in [0.15, 0.2) is 84.4 Å². The molecule has 2 heterocycles. The fourth-order valence-electron chi connectivity index (χ4n) is 2.72. The highest BCUT2D eigenvalue weighted by Crippen LogP contribution is 2.27. The predicted molar refractivity (Wildman–Crippen MR) is 121 cm³/mol. The molecule has 0 unspecified atom stereocenters. The highest BCUT2D eigenvalue weighted by atomic mass is 32.1. The van der Waals surface area contributed by atoms with Crippen LogP contribution in [0.25, 0.3) is 17.5 Å². The van der Waals surface area contributed by atoms with Gasteiger partial charge >= 0.3 is 5.97 Å². The third-order valence-corrected chi connectivity index (χ3v) is 4.98. The number of hydrogen-bond donors (Lipinski definition) is 1. The predicted octanol–water partition coefficient (Wildman–Crippen LogP) is 5.88. The molecule has 0 aliphatic rings. The minimum atomic E-state index is -0.431. The summed E-state index contributed by atoms with van der Waals surface area (Å²) in [5.41, 5.74) is 4.54. The van der Waals surface area contributed by atoms with Crippen molar-refractivity contribution in [2.24, 2.45) is 0 Å². The fraction of sp³-hybridized carbons (Fsp3) is 0.0417. The molecule has 0 fully saturated rings. The van der Waals surface area contributed by atoms with Crippen LogP contribution in [0.1, 0.15) is 11.1 Å². The molecule has 0 atom stereocenters. The van der Waals surface area contributed by atoms with Crippen LogP contribution in [0.2, 0.25) is 0 Å². The first-order valence-corrected chi connectivity index (χ1v) is 10.2. The second kappa shape index (κ2) is 9.15. The van der Waals surface area contributed by atoms with E-state index in [-0.39, 0.29) is 0 Å². The van der Waals surface area contributed by atoms with Crippen LogP contribution in [-0.4, -0.2) is 15.9 Å². The third kappa shape index (κ3) is 5.18. The first kappa shape index (κ1) is 19.5. The van der Waals surface area contributed by atoms with Gasteiger partial charge in [-0.2, -0.15) is 0 Å². The molecule has 0 bridgehead atoms. The SMILES string of the molecule is Cc1ccc(/C=C/C(=O)Oc2cccc(Nc3nc(-c4ccccn4)cs3)c2)cc1. The Hall–Kier alpha value is -3.77. The first-order valence-electron chi connectivity index (χ1n) is 9.36. The molecule has 4 rings (SSSR count). The molecule has 0 amide bonds. The van der Waals surface area contributed by atoms with Gasteiger partial charge in [-0.15, -0.1) is 11.3 Å². The molecule has 0 saturated carbocycles. The maximum Gasteiger partial charge on any atom is 0.336 e. The van der Waals surface area contributed by atoms with Gasteiger partial charge in [0.05, 0.1) is 5.69 Å². The van der Waals surface area contributed by atoms with Crippen LogP contribution in [0.3, 0.4) is 0 Å². The van der Waals surface area contributed by atoms with E-state index < -0.39 is 5.97 Å². The molecule has 2 aromatic carbocycles. The number of rotatable bonds is 6. The molecule has 148 valence electrons. The van der Waals surface area contributed by atoms with E-state index in [0.29, 0.717) is 5.75 Å². The standard InChI is InChI=1S/C24H19N3O2S/c1-17-8-10-18(11-9-17)12-13-23(28)29-20-6-4-5-19(15-20)26-24-27-22(16-30-24)21-7-2-3-14-25-21/h2-16H,1H3,(H,26,27)/b13-12+. The number of ether oxygens (including phenoxy) is 1.